The Morgan fingerprint density at radius 1 is 1.15 bits per heavy atom. The molecule has 0 fully saturated rings. The molecule has 0 aliphatic carbocycles. The molecule has 0 spiro atoms. The highest BCUT2D eigenvalue weighted by Crippen LogP contribution is 2.39. The van der Waals surface area contributed by atoms with E-state index in [1.165, 1.54) is 0 Å². The fraction of sp³-hybridized carbons (Fsp3) is 0.231. The van der Waals surface area contributed by atoms with Crippen LogP contribution < -0.4 is 15.7 Å². The summed E-state index contributed by atoms with van der Waals surface area (Å²) in [5, 5.41) is -0.421. The van der Waals surface area contributed by atoms with Crippen LogP contribution in [0.3, 0.4) is 0 Å². The lowest BCUT2D eigenvalue weighted by molar-refractivity contribution is -0.144. The minimum Gasteiger partial charge on any atom is -0.291 e. The van der Waals surface area contributed by atoms with Crippen molar-refractivity contribution in [1.82, 2.24) is 9.24 Å². The van der Waals surface area contributed by atoms with Gasteiger partial charge in [0.05, 0.1) is 16.5 Å². The Morgan fingerprint density at radius 2 is 1.77 bits per heavy atom. The van der Waals surface area contributed by atoms with Gasteiger partial charge < -0.3 is 0 Å². The summed E-state index contributed by atoms with van der Waals surface area (Å²) < 4.78 is 77.3. The van der Waals surface area contributed by atoms with Crippen LogP contribution in [0.2, 0.25) is 5.02 Å². The first-order valence-electron chi connectivity index (χ1n) is 6.76. The molecule has 0 radical (unpaired) electrons. The lowest BCUT2D eigenvalue weighted by atomic mass is 10.2. The van der Waals surface area contributed by atoms with Gasteiger partial charge in [-0.2, -0.15) is 17.6 Å². The highest BCUT2D eigenvalue weighted by atomic mass is 35.5. The number of aromatic nitrogens is 2. The molecule has 3 rings (SSSR count). The van der Waals surface area contributed by atoms with Crippen molar-refractivity contribution >= 4 is 27.3 Å². The van der Waals surface area contributed by atoms with E-state index in [2.05, 4.69) is 0 Å². The van der Waals surface area contributed by atoms with Gasteiger partial charge in [0.15, 0.2) is 0 Å². The van der Waals surface area contributed by atoms with Gasteiger partial charge in [0.2, 0.25) is 0 Å². The highest BCUT2D eigenvalue weighted by Gasteiger charge is 2.41. The lowest BCUT2D eigenvalue weighted by Gasteiger charge is -2.22. The number of hydrogen-bond acceptors (Lipinski definition) is 4. The number of anilines is 1. The molecule has 140 valence electrons. The molecule has 13 heteroatoms. The van der Waals surface area contributed by atoms with Crippen LogP contribution in [0.4, 0.5) is 23.2 Å². The SMILES string of the molecule is Cn1c(C(F)(F)F)cc(=O)n(N2c3c(Cl)cc(F)cc3CS2(=O)=O)c1=O. The second kappa shape index (κ2) is 5.58. The van der Waals surface area contributed by atoms with Crippen LogP contribution >= 0.6 is 11.6 Å². The van der Waals surface area contributed by atoms with Crippen molar-refractivity contribution in [2.75, 3.05) is 4.41 Å². The smallest absolute Gasteiger partial charge is 0.291 e. The molecule has 0 unspecified atom stereocenters. The van der Waals surface area contributed by atoms with Crippen LogP contribution in [0.1, 0.15) is 11.3 Å². The monoisotopic (exact) mass is 413 g/mol. The summed E-state index contributed by atoms with van der Waals surface area (Å²) in [6, 6.07) is 1.69. The van der Waals surface area contributed by atoms with Crippen LogP contribution in [0, 0.1) is 5.82 Å². The minimum absolute atomic E-state index is 0.0141. The molecule has 1 aromatic heterocycles. The summed E-state index contributed by atoms with van der Waals surface area (Å²) in [7, 11) is -3.66. The molecule has 1 aromatic carbocycles. The minimum atomic E-state index is -5.01. The van der Waals surface area contributed by atoms with Crippen LogP contribution in [0.15, 0.2) is 27.8 Å². The van der Waals surface area contributed by atoms with Crippen molar-refractivity contribution in [3.8, 4) is 0 Å². The second-order valence-electron chi connectivity index (χ2n) is 5.41. The lowest BCUT2D eigenvalue weighted by Crippen LogP contribution is -2.52. The number of alkyl halides is 3. The zero-order valence-electron chi connectivity index (χ0n) is 12.7. The predicted molar refractivity (Wildman–Crippen MR) is 82.9 cm³/mol. The van der Waals surface area contributed by atoms with Crippen LogP contribution in [0.25, 0.3) is 0 Å². The van der Waals surface area contributed by atoms with Gasteiger partial charge in [-0.3, -0.25) is 9.36 Å². The van der Waals surface area contributed by atoms with Gasteiger partial charge in [0.25, 0.3) is 15.6 Å². The molecule has 26 heavy (non-hydrogen) atoms. The summed E-state index contributed by atoms with van der Waals surface area (Å²) in [4.78, 5) is 24.5. The van der Waals surface area contributed by atoms with E-state index in [0.717, 1.165) is 19.2 Å². The van der Waals surface area contributed by atoms with E-state index in [-0.39, 0.29) is 31.0 Å². The van der Waals surface area contributed by atoms with Gasteiger partial charge in [0.1, 0.15) is 11.5 Å². The number of rotatable bonds is 1. The average Bonchev–Trinajstić information content (AvgIpc) is 2.72. The van der Waals surface area contributed by atoms with Gasteiger partial charge >= 0.3 is 11.9 Å². The van der Waals surface area contributed by atoms with Crippen molar-refractivity contribution < 1.29 is 26.0 Å². The number of hydrogen-bond donors (Lipinski definition) is 0. The first-order chi connectivity index (χ1) is 11.8. The van der Waals surface area contributed by atoms with Gasteiger partial charge in [-0.1, -0.05) is 11.6 Å². The number of fused-ring (bicyclic) bond motifs is 1. The van der Waals surface area contributed by atoms with Gasteiger partial charge in [-0.15, -0.1) is 4.68 Å². The third-order valence-electron chi connectivity index (χ3n) is 3.67. The quantitative estimate of drug-likeness (QED) is 0.663. The normalized spacial score (nSPS) is 16.0. The first kappa shape index (κ1) is 18.5. The number of sulfonamides is 1. The Bertz CT molecular complexity index is 1150. The van der Waals surface area contributed by atoms with E-state index < -0.39 is 49.7 Å². The zero-order valence-corrected chi connectivity index (χ0v) is 14.3. The van der Waals surface area contributed by atoms with Crippen LogP contribution in [-0.4, -0.2) is 17.7 Å². The molecule has 2 heterocycles. The van der Waals surface area contributed by atoms with E-state index in [4.69, 9.17) is 11.6 Å². The van der Waals surface area contributed by atoms with E-state index in [9.17, 15) is 35.6 Å². The molecule has 0 saturated heterocycles. The van der Waals surface area contributed by atoms with E-state index >= 15 is 0 Å². The van der Waals surface area contributed by atoms with Crippen molar-refractivity contribution in [3.63, 3.8) is 0 Å². The Kier molecular flexibility index (Phi) is 3.96. The Labute approximate surface area is 147 Å². The van der Waals surface area contributed by atoms with E-state index in [1.807, 2.05) is 0 Å². The molecular formula is C13H8ClF4N3O4S. The van der Waals surface area contributed by atoms with Crippen LogP contribution in [0.5, 0.6) is 0 Å². The fourth-order valence-electron chi connectivity index (χ4n) is 2.62. The molecule has 1 aliphatic rings. The molecule has 7 nitrogen and oxygen atoms in total. The number of nitrogens with zero attached hydrogens (tertiary/aromatic N) is 3. The standard InChI is InChI=1S/C13H8ClF4N3O4S/c1-19-9(13(16,17)18)4-10(22)20(12(19)23)21-11-6(5-26(21,24)25)2-7(15)3-8(11)14/h2-4H,5H2,1H3. The van der Waals surface area contributed by atoms with Crippen molar-refractivity contribution in [3.05, 3.63) is 61.1 Å². The number of halogens is 5. The van der Waals surface area contributed by atoms with Crippen molar-refractivity contribution in [1.29, 1.82) is 0 Å². The van der Waals surface area contributed by atoms with Gasteiger partial charge in [-0.05, 0) is 12.1 Å². The fourth-order valence-corrected chi connectivity index (χ4v) is 4.60. The third-order valence-corrected chi connectivity index (χ3v) is 5.51. The van der Waals surface area contributed by atoms with E-state index in [1.54, 1.807) is 0 Å². The Morgan fingerprint density at radius 3 is 2.35 bits per heavy atom. The summed E-state index contributed by atoms with van der Waals surface area (Å²) in [6.07, 6.45) is -5.01. The second-order valence-corrected chi connectivity index (χ2v) is 7.62. The van der Waals surface area contributed by atoms with Gasteiger partial charge in [0, 0.05) is 18.7 Å². The molecule has 2 aromatic rings. The molecule has 0 amide bonds. The van der Waals surface area contributed by atoms with Gasteiger partial charge in [-0.25, -0.2) is 17.6 Å². The molecule has 1 aliphatic heterocycles. The molecule has 0 atom stereocenters. The molecule has 0 bridgehead atoms. The maximum atomic E-state index is 13.5. The molecule has 0 saturated carbocycles. The largest absolute Gasteiger partial charge is 0.431 e. The maximum absolute atomic E-state index is 13.5. The Hall–Kier alpha value is -2.34. The summed E-state index contributed by atoms with van der Waals surface area (Å²) in [6.45, 7) is 0. The summed E-state index contributed by atoms with van der Waals surface area (Å²) >= 11 is 5.84. The highest BCUT2D eigenvalue weighted by molar-refractivity contribution is 7.92. The first-order valence-corrected chi connectivity index (χ1v) is 8.75. The average molecular weight is 414 g/mol. The topological polar surface area (TPSA) is 81.4 Å². The predicted octanol–water partition coefficient (Wildman–Crippen LogP) is 1.47. The van der Waals surface area contributed by atoms with Crippen LogP contribution in [-0.2, 0) is 29.0 Å². The molecule has 0 N–H and O–H groups in total. The molecular weight excluding hydrogens is 406 g/mol. The maximum Gasteiger partial charge on any atom is 0.431 e. The third kappa shape index (κ3) is 2.69. The summed E-state index contributed by atoms with van der Waals surface area (Å²) in [5.41, 5.74) is -5.14. The van der Waals surface area contributed by atoms with E-state index in [0.29, 0.717) is 0 Å². The summed E-state index contributed by atoms with van der Waals surface area (Å²) in [5.74, 6) is -1.63. The van der Waals surface area contributed by atoms with Crippen molar-refractivity contribution in [2.24, 2.45) is 7.05 Å². The number of benzene rings is 1. The Balaban J connectivity index is 2.38. The van der Waals surface area contributed by atoms with Crippen molar-refractivity contribution in [2.45, 2.75) is 11.9 Å². The zero-order chi connectivity index (χ0) is 19.6.